The van der Waals surface area contributed by atoms with Crippen LogP contribution in [-0.4, -0.2) is 9.97 Å². The molecule has 0 saturated carbocycles. The molecule has 4 heteroatoms. The quantitative estimate of drug-likeness (QED) is 0.606. The predicted molar refractivity (Wildman–Crippen MR) is 55.9 cm³/mol. The molecule has 0 fully saturated rings. The second-order valence-corrected chi connectivity index (χ2v) is 3.99. The molecule has 3 heterocycles. The molecule has 1 aliphatic rings. The van der Waals surface area contributed by atoms with Gasteiger partial charge in [0.25, 0.3) is 0 Å². The van der Waals surface area contributed by atoms with E-state index in [1.807, 2.05) is 24.4 Å². The van der Waals surface area contributed by atoms with Gasteiger partial charge in [0.05, 0.1) is 17.6 Å². The van der Waals surface area contributed by atoms with E-state index >= 15 is 0 Å². The van der Waals surface area contributed by atoms with Gasteiger partial charge in [0.15, 0.2) is 0 Å². The van der Waals surface area contributed by atoms with Crippen LogP contribution in [0.1, 0.15) is 0 Å². The minimum atomic E-state index is 1.02. The summed E-state index contributed by atoms with van der Waals surface area (Å²) in [6, 6.07) is 5.93. The van der Waals surface area contributed by atoms with Crippen LogP contribution in [0.5, 0.6) is 0 Å². The number of hydrogen-bond acceptors (Lipinski definition) is 4. The Morgan fingerprint density at radius 3 is 3.14 bits per heavy atom. The smallest absolute Gasteiger partial charge is 0.124 e. The van der Waals surface area contributed by atoms with Gasteiger partial charge in [0.1, 0.15) is 5.03 Å². The summed E-state index contributed by atoms with van der Waals surface area (Å²) in [5, 5.41) is 4.31. The van der Waals surface area contributed by atoms with Crippen molar-refractivity contribution < 1.29 is 0 Å². The molecule has 3 nitrogen and oxygen atoms in total. The van der Waals surface area contributed by atoms with E-state index in [4.69, 9.17) is 0 Å². The maximum atomic E-state index is 4.30. The molecule has 0 saturated heterocycles. The third-order valence-corrected chi connectivity index (χ3v) is 3.12. The fourth-order valence-electron chi connectivity index (χ4n) is 1.38. The third kappa shape index (κ3) is 1.15. The average molecular weight is 201 g/mol. The summed E-state index contributed by atoms with van der Waals surface area (Å²) in [5.41, 5.74) is 2.11. The lowest BCUT2D eigenvalue weighted by atomic mass is 10.3. The molecule has 0 radical (unpaired) electrons. The average Bonchev–Trinajstić information content (AvgIpc) is 2.26. The molecule has 0 spiro atoms. The Labute approximate surface area is 85.6 Å². The van der Waals surface area contributed by atoms with Gasteiger partial charge in [-0.3, -0.25) is 4.98 Å². The molecule has 2 aromatic rings. The van der Waals surface area contributed by atoms with Crippen molar-refractivity contribution in [2.75, 3.05) is 5.32 Å². The molecule has 14 heavy (non-hydrogen) atoms. The van der Waals surface area contributed by atoms with Gasteiger partial charge in [-0.25, -0.2) is 4.98 Å². The third-order valence-electron chi connectivity index (χ3n) is 2.03. The normalized spacial score (nSPS) is 12.6. The Hall–Kier alpha value is -1.55. The van der Waals surface area contributed by atoms with Crippen LogP contribution in [-0.2, 0) is 0 Å². The lowest BCUT2D eigenvalue weighted by molar-refractivity contribution is 1.11. The fraction of sp³-hybridized carbons (Fsp3) is 0. The number of nitrogens with zero attached hydrogens (tertiary/aromatic N) is 2. The van der Waals surface area contributed by atoms with Crippen LogP contribution in [0.2, 0.25) is 0 Å². The highest BCUT2D eigenvalue weighted by atomic mass is 32.2. The first-order chi connectivity index (χ1) is 6.93. The van der Waals surface area contributed by atoms with Crippen LogP contribution in [0.3, 0.4) is 0 Å². The van der Waals surface area contributed by atoms with Crippen LogP contribution in [0.4, 0.5) is 11.4 Å². The zero-order chi connectivity index (χ0) is 9.38. The van der Waals surface area contributed by atoms with Crippen molar-refractivity contribution in [1.82, 2.24) is 9.97 Å². The second-order valence-electron chi connectivity index (χ2n) is 2.96. The van der Waals surface area contributed by atoms with E-state index in [2.05, 4.69) is 15.3 Å². The van der Waals surface area contributed by atoms with Crippen molar-refractivity contribution in [2.45, 2.75) is 9.92 Å². The van der Waals surface area contributed by atoms with Gasteiger partial charge < -0.3 is 5.32 Å². The Morgan fingerprint density at radius 1 is 1.14 bits per heavy atom. The van der Waals surface area contributed by atoms with Crippen LogP contribution in [0, 0.1) is 0 Å². The van der Waals surface area contributed by atoms with E-state index < -0.39 is 0 Å². The predicted octanol–water partition coefficient (Wildman–Crippen LogP) is 2.68. The molecule has 68 valence electrons. The Balaban J connectivity index is 2.12. The summed E-state index contributed by atoms with van der Waals surface area (Å²) >= 11 is 1.67. The number of nitrogens with one attached hydrogen (secondary N) is 1. The van der Waals surface area contributed by atoms with Gasteiger partial charge in [0.2, 0.25) is 0 Å². The number of hydrogen-bond donors (Lipinski definition) is 1. The summed E-state index contributed by atoms with van der Waals surface area (Å²) in [4.78, 5) is 9.55. The summed E-state index contributed by atoms with van der Waals surface area (Å²) < 4.78 is 0. The lowest BCUT2D eigenvalue weighted by Gasteiger charge is -2.18. The molecule has 0 aliphatic carbocycles. The summed E-state index contributed by atoms with van der Waals surface area (Å²) in [6.45, 7) is 0. The summed E-state index contributed by atoms with van der Waals surface area (Å²) in [7, 11) is 0. The van der Waals surface area contributed by atoms with E-state index in [1.165, 1.54) is 4.90 Å². The highest BCUT2D eigenvalue weighted by Crippen LogP contribution is 2.41. The minimum absolute atomic E-state index is 1.02. The fourth-order valence-corrected chi connectivity index (χ4v) is 2.27. The second kappa shape index (κ2) is 2.99. The van der Waals surface area contributed by atoms with E-state index in [0.717, 1.165) is 16.4 Å². The maximum absolute atomic E-state index is 4.30. The Kier molecular flexibility index (Phi) is 1.67. The minimum Gasteiger partial charge on any atom is -0.351 e. The molecule has 0 bridgehead atoms. The van der Waals surface area contributed by atoms with Crippen molar-refractivity contribution in [1.29, 1.82) is 0 Å². The molecule has 1 aliphatic heterocycles. The van der Waals surface area contributed by atoms with Gasteiger partial charge >= 0.3 is 0 Å². The number of anilines is 2. The van der Waals surface area contributed by atoms with Crippen LogP contribution >= 0.6 is 11.8 Å². The van der Waals surface area contributed by atoms with Crippen molar-refractivity contribution >= 4 is 23.1 Å². The topological polar surface area (TPSA) is 37.8 Å². The van der Waals surface area contributed by atoms with Gasteiger partial charge in [-0.15, -0.1) is 0 Å². The van der Waals surface area contributed by atoms with Gasteiger partial charge in [-0.2, -0.15) is 0 Å². The van der Waals surface area contributed by atoms with Gasteiger partial charge in [-0.1, -0.05) is 11.8 Å². The monoisotopic (exact) mass is 201 g/mol. The molecule has 3 rings (SSSR count). The highest BCUT2D eigenvalue weighted by Gasteiger charge is 2.15. The number of aromatic nitrogens is 2. The molecule has 0 atom stereocenters. The highest BCUT2D eigenvalue weighted by molar-refractivity contribution is 7.99. The van der Waals surface area contributed by atoms with Crippen molar-refractivity contribution in [3.8, 4) is 0 Å². The Morgan fingerprint density at radius 2 is 2.14 bits per heavy atom. The lowest BCUT2D eigenvalue weighted by Crippen LogP contribution is -2.00. The van der Waals surface area contributed by atoms with E-state index in [0.29, 0.717) is 0 Å². The molecule has 0 unspecified atom stereocenters. The Bertz CT molecular complexity index is 397. The largest absolute Gasteiger partial charge is 0.351 e. The van der Waals surface area contributed by atoms with Gasteiger partial charge in [0, 0.05) is 17.3 Å². The van der Waals surface area contributed by atoms with Crippen molar-refractivity contribution in [2.24, 2.45) is 0 Å². The standard InChI is InChI=1S/C10H7N3S/c1-2-7-10(12-4-1)14-9-3-5-11-6-8(9)13-7/h1-6,13H. The van der Waals surface area contributed by atoms with Crippen LogP contribution < -0.4 is 5.32 Å². The molecular formula is C10H7N3S. The zero-order valence-electron chi connectivity index (χ0n) is 7.27. The van der Waals surface area contributed by atoms with Crippen molar-refractivity contribution in [3.63, 3.8) is 0 Å². The molecule has 0 amide bonds. The SMILES string of the molecule is c1cnc2c(c1)Nc1cnccc1S2. The van der Waals surface area contributed by atoms with Crippen LogP contribution in [0.15, 0.2) is 46.7 Å². The number of rotatable bonds is 0. The van der Waals surface area contributed by atoms with Gasteiger partial charge in [-0.05, 0) is 18.2 Å². The first-order valence-corrected chi connectivity index (χ1v) is 5.09. The molecule has 2 aromatic heterocycles. The molecular weight excluding hydrogens is 194 g/mol. The number of pyridine rings is 2. The molecule has 0 aromatic carbocycles. The van der Waals surface area contributed by atoms with E-state index in [-0.39, 0.29) is 0 Å². The maximum Gasteiger partial charge on any atom is 0.124 e. The molecule has 1 N–H and O–H groups in total. The number of fused-ring (bicyclic) bond motifs is 2. The van der Waals surface area contributed by atoms with E-state index in [9.17, 15) is 0 Å². The van der Waals surface area contributed by atoms with Crippen LogP contribution in [0.25, 0.3) is 0 Å². The first kappa shape index (κ1) is 7.82. The van der Waals surface area contributed by atoms with Crippen molar-refractivity contribution in [3.05, 3.63) is 36.8 Å². The van der Waals surface area contributed by atoms with E-state index in [1.54, 1.807) is 24.2 Å². The summed E-state index contributed by atoms with van der Waals surface area (Å²) in [5.74, 6) is 0. The first-order valence-electron chi connectivity index (χ1n) is 4.27. The zero-order valence-corrected chi connectivity index (χ0v) is 8.08. The summed E-state index contributed by atoms with van der Waals surface area (Å²) in [6.07, 6.45) is 5.43.